The highest BCUT2D eigenvalue weighted by molar-refractivity contribution is 8.02. The lowest BCUT2D eigenvalue weighted by molar-refractivity contribution is 1.00. The van der Waals surface area contributed by atoms with Crippen LogP contribution in [0.5, 0.6) is 0 Å². The van der Waals surface area contributed by atoms with Gasteiger partial charge in [-0.05, 0) is 30.8 Å². The Bertz CT molecular complexity index is 69.3. The first-order chi connectivity index (χ1) is 4.43. The molecule has 0 nitrogen and oxygen atoms in total. The molecule has 0 aliphatic heterocycles. The number of hydrogen-bond acceptors (Lipinski definition) is 2. The van der Waals surface area contributed by atoms with Crippen LogP contribution in [-0.4, -0.2) is 23.5 Å². The first-order valence-corrected chi connectivity index (χ1v) is 6.05. The van der Waals surface area contributed by atoms with Gasteiger partial charge in [0.25, 0.3) is 0 Å². The Kier molecular flexibility index (Phi) is 3.91. The predicted molar refractivity (Wildman–Crippen MR) is 48.4 cm³/mol. The number of thioether (sulfide) groups is 2. The van der Waals surface area contributed by atoms with Crippen molar-refractivity contribution in [2.24, 2.45) is 5.92 Å². The van der Waals surface area contributed by atoms with Gasteiger partial charge in [-0.25, -0.2) is 0 Å². The smallest absolute Gasteiger partial charge is 0.00235 e. The summed E-state index contributed by atoms with van der Waals surface area (Å²) >= 11 is 4.08. The van der Waals surface area contributed by atoms with E-state index in [1.165, 1.54) is 30.1 Å². The number of hydrogen-bond donors (Lipinski definition) is 0. The summed E-state index contributed by atoms with van der Waals surface area (Å²) in [6.45, 7) is 0. The van der Waals surface area contributed by atoms with Crippen molar-refractivity contribution in [3.8, 4) is 0 Å². The molecule has 0 radical (unpaired) electrons. The molecule has 1 rings (SSSR count). The van der Waals surface area contributed by atoms with Crippen LogP contribution in [0.4, 0.5) is 0 Å². The van der Waals surface area contributed by atoms with Crippen molar-refractivity contribution in [1.82, 2.24) is 0 Å². The lowest BCUT2D eigenvalue weighted by atomic mass is 10.5. The molecular weight excluding hydrogens is 148 g/mol. The largest absolute Gasteiger partial charge is 0.165 e. The van der Waals surface area contributed by atoms with E-state index in [0.29, 0.717) is 0 Å². The Hall–Kier alpha value is 0.700. The number of rotatable bonds is 5. The van der Waals surface area contributed by atoms with E-state index in [4.69, 9.17) is 0 Å². The standard InChI is InChI=1S/C7H14S2/c1-8-4-5-9-6-7-2-3-7/h7H,2-6H2,1H3. The fourth-order valence-electron chi connectivity index (χ4n) is 0.677. The minimum absolute atomic E-state index is 1.11. The topological polar surface area (TPSA) is 0 Å². The highest BCUT2D eigenvalue weighted by Gasteiger charge is 2.20. The van der Waals surface area contributed by atoms with Crippen LogP contribution in [0.3, 0.4) is 0 Å². The molecule has 0 saturated heterocycles. The second kappa shape index (κ2) is 4.51. The Morgan fingerprint density at radius 1 is 1.33 bits per heavy atom. The average Bonchev–Trinajstić information content (AvgIpc) is 2.63. The van der Waals surface area contributed by atoms with E-state index in [1.807, 2.05) is 11.8 Å². The third-order valence-corrected chi connectivity index (χ3v) is 3.55. The average molecular weight is 162 g/mol. The van der Waals surface area contributed by atoms with E-state index < -0.39 is 0 Å². The molecule has 54 valence electrons. The second-order valence-corrected chi connectivity index (χ2v) is 4.65. The van der Waals surface area contributed by atoms with Crippen molar-refractivity contribution in [2.75, 3.05) is 23.5 Å². The van der Waals surface area contributed by atoms with Gasteiger partial charge in [0.05, 0.1) is 0 Å². The Balaban J connectivity index is 1.71. The van der Waals surface area contributed by atoms with E-state index in [-0.39, 0.29) is 0 Å². The molecule has 0 amide bonds. The minimum atomic E-state index is 1.11. The molecule has 9 heavy (non-hydrogen) atoms. The van der Waals surface area contributed by atoms with E-state index in [9.17, 15) is 0 Å². The summed E-state index contributed by atoms with van der Waals surface area (Å²) in [5, 5.41) is 0. The molecule has 0 unspecified atom stereocenters. The first-order valence-electron chi connectivity index (χ1n) is 3.50. The fourth-order valence-corrected chi connectivity index (χ4v) is 2.65. The molecule has 2 heteroatoms. The first kappa shape index (κ1) is 7.80. The normalized spacial score (nSPS) is 18.3. The van der Waals surface area contributed by atoms with Crippen LogP contribution >= 0.6 is 23.5 Å². The lowest BCUT2D eigenvalue weighted by Crippen LogP contribution is -1.86. The summed E-state index contributed by atoms with van der Waals surface area (Å²) in [7, 11) is 0. The quantitative estimate of drug-likeness (QED) is 0.570. The van der Waals surface area contributed by atoms with E-state index in [1.54, 1.807) is 0 Å². The van der Waals surface area contributed by atoms with Crippen LogP contribution in [0.2, 0.25) is 0 Å². The lowest BCUT2D eigenvalue weighted by Gasteiger charge is -1.95. The molecule has 0 N–H and O–H groups in total. The predicted octanol–water partition coefficient (Wildman–Crippen LogP) is 2.49. The van der Waals surface area contributed by atoms with Crippen molar-refractivity contribution in [2.45, 2.75) is 12.8 Å². The molecule has 1 fully saturated rings. The third-order valence-electron chi connectivity index (χ3n) is 1.48. The molecule has 1 aliphatic rings. The summed E-state index contributed by atoms with van der Waals surface area (Å²) < 4.78 is 0. The second-order valence-electron chi connectivity index (χ2n) is 2.51. The molecule has 0 aromatic heterocycles. The highest BCUT2D eigenvalue weighted by Crippen LogP contribution is 2.32. The van der Waals surface area contributed by atoms with Gasteiger partial charge in [0, 0.05) is 11.5 Å². The highest BCUT2D eigenvalue weighted by atomic mass is 32.2. The Labute approximate surface area is 66.2 Å². The summed E-state index contributed by atoms with van der Waals surface area (Å²) in [6.07, 6.45) is 5.19. The summed E-state index contributed by atoms with van der Waals surface area (Å²) in [5.74, 6) is 5.23. The van der Waals surface area contributed by atoms with Gasteiger partial charge in [0.2, 0.25) is 0 Å². The molecule has 0 heterocycles. The van der Waals surface area contributed by atoms with Gasteiger partial charge in [-0.1, -0.05) is 0 Å². The summed E-state index contributed by atoms with van der Waals surface area (Å²) in [4.78, 5) is 0. The Morgan fingerprint density at radius 3 is 2.67 bits per heavy atom. The zero-order valence-corrected chi connectivity index (χ0v) is 7.56. The molecule has 1 saturated carbocycles. The van der Waals surface area contributed by atoms with Crippen molar-refractivity contribution in [3.05, 3.63) is 0 Å². The molecule has 1 aliphatic carbocycles. The van der Waals surface area contributed by atoms with E-state index in [2.05, 4.69) is 18.0 Å². The van der Waals surface area contributed by atoms with Crippen LogP contribution in [0.15, 0.2) is 0 Å². The van der Waals surface area contributed by atoms with Crippen LogP contribution < -0.4 is 0 Å². The maximum Gasteiger partial charge on any atom is 0.00235 e. The van der Waals surface area contributed by atoms with Gasteiger partial charge in [0.15, 0.2) is 0 Å². The van der Waals surface area contributed by atoms with Crippen molar-refractivity contribution < 1.29 is 0 Å². The maximum atomic E-state index is 2.18. The van der Waals surface area contributed by atoms with Gasteiger partial charge in [-0.2, -0.15) is 23.5 Å². The van der Waals surface area contributed by atoms with Crippen molar-refractivity contribution in [3.63, 3.8) is 0 Å². The summed E-state index contributed by atoms with van der Waals surface area (Å²) in [5.41, 5.74) is 0. The van der Waals surface area contributed by atoms with Gasteiger partial charge < -0.3 is 0 Å². The molecular formula is C7H14S2. The Morgan fingerprint density at radius 2 is 2.11 bits per heavy atom. The van der Waals surface area contributed by atoms with Crippen LogP contribution in [-0.2, 0) is 0 Å². The monoisotopic (exact) mass is 162 g/mol. The van der Waals surface area contributed by atoms with Crippen LogP contribution in [0.25, 0.3) is 0 Å². The fraction of sp³-hybridized carbons (Fsp3) is 1.00. The molecule has 0 aromatic carbocycles. The molecule has 0 aromatic rings. The van der Waals surface area contributed by atoms with Crippen LogP contribution in [0, 0.1) is 5.92 Å². The van der Waals surface area contributed by atoms with Crippen LogP contribution in [0.1, 0.15) is 12.8 Å². The van der Waals surface area contributed by atoms with Gasteiger partial charge >= 0.3 is 0 Å². The van der Waals surface area contributed by atoms with E-state index in [0.717, 1.165) is 5.92 Å². The van der Waals surface area contributed by atoms with Gasteiger partial charge in [-0.3, -0.25) is 0 Å². The molecule has 0 spiro atoms. The van der Waals surface area contributed by atoms with Crippen molar-refractivity contribution in [1.29, 1.82) is 0 Å². The zero-order chi connectivity index (χ0) is 6.53. The minimum Gasteiger partial charge on any atom is -0.165 e. The van der Waals surface area contributed by atoms with Crippen molar-refractivity contribution >= 4 is 23.5 Å². The SMILES string of the molecule is CSCCSCC1CC1. The van der Waals surface area contributed by atoms with Gasteiger partial charge in [0.1, 0.15) is 0 Å². The summed E-state index contributed by atoms with van der Waals surface area (Å²) in [6, 6.07) is 0. The maximum absolute atomic E-state index is 2.18. The zero-order valence-electron chi connectivity index (χ0n) is 5.93. The van der Waals surface area contributed by atoms with Gasteiger partial charge in [-0.15, -0.1) is 0 Å². The molecule has 0 bridgehead atoms. The third kappa shape index (κ3) is 4.15. The molecule has 0 atom stereocenters. The van der Waals surface area contributed by atoms with E-state index >= 15 is 0 Å².